The summed E-state index contributed by atoms with van der Waals surface area (Å²) in [5.41, 5.74) is 14.1. The molecule has 0 saturated carbocycles. The molecule has 0 fully saturated rings. The van der Waals surface area contributed by atoms with Crippen LogP contribution in [0.4, 0.5) is 0 Å². The molecule has 0 atom stereocenters. The lowest BCUT2D eigenvalue weighted by molar-refractivity contribution is 0.669. The number of benzene rings is 8. The molecule has 0 aliphatic carbocycles. The van der Waals surface area contributed by atoms with Gasteiger partial charge in [0.05, 0.1) is 22.4 Å². The van der Waals surface area contributed by atoms with Gasteiger partial charge in [0.25, 0.3) is 0 Å². The van der Waals surface area contributed by atoms with Crippen molar-refractivity contribution in [3.63, 3.8) is 0 Å². The summed E-state index contributed by atoms with van der Waals surface area (Å²) in [4.78, 5) is 5.27. The molecule has 0 radical (unpaired) electrons. The van der Waals surface area contributed by atoms with Crippen LogP contribution < -0.4 is 0 Å². The molecule has 0 aliphatic rings. The predicted molar refractivity (Wildman–Crippen MR) is 240 cm³/mol. The minimum Gasteiger partial charge on any atom is -0.456 e. The van der Waals surface area contributed by atoms with Gasteiger partial charge in [0.1, 0.15) is 11.2 Å². The number of para-hydroxylation sites is 3. The minimum atomic E-state index is 0.864. The van der Waals surface area contributed by atoms with Gasteiger partial charge in [-0.1, -0.05) is 133 Å². The predicted octanol–water partition coefficient (Wildman–Crippen LogP) is 15.1. The van der Waals surface area contributed by atoms with Crippen LogP contribution in [0.1, 0.15) is 0 Å². The maximum atomic E-state index is 6.33. The van der Waals surface area contributed by atoms with Crippen LogP contribution in [0.5, 0.6) is 0 Å². The van der Waals surface area contributed by atoms with Crippen LogP contribution >= 0.6 is 11.3 Å². The third kappa shape index (κ3) is 5.08. The maximum Gasteiger partial charge on any atom is 0.136 e. The summed E-state index contributed by atoms with van der Waals surface area (Å²) in [6.45, 7) is 0. The Morgan fingerprint density at radius 2 is 1.05 bits per heavy atom. The van der Waals surface area contributed by atoms with Crippen molar-refractivity contribution in [2.45, 2.75) is 0 Å². The van der Waals surface area contributed by atoms with Gasteiger partial charge >= 0.3 is 0 Å². The molecule has 0 aliphatic heterocycles. The SMILES string of the molecule is c1ccc(-c2cc(-c3cccc4sc5c(-c6ccc7c8ccccc8n(-c8ccccc8)c7c6)cccc5c34)cc(-c3ccc4c(c3)oc3ccccc34)n2)cc1. The zero-order valence-electron chi connectivity index (χ0n) is 30.7. The summed E-state index contributed by atoms with van der Waals surface area (Å²) in [6.07, 6.45) is 0. The Hall–Kier alpha value is -7.27. The van der Waals surface area contributed by atoms with Gasteiger partial charge in [-0.2, -0.15) is 0 Å². The van der Waals surface area contributed by atoms with E-state index < -0.39 is 0 Å². The first-order chi connectivity index (χ1) is 28.2. The smallest absolute Gasteiger partial charge is 0.136 e. The molecule has 0 saturated heterocycles. The average Bonchev–Trinajstić information content (AvgIpc) is 3.96. The lowest BCUT2D eigenvalue weighted by Crippen LogP contribution is -1.93. The number of fused-ring (bicyclic) bond motifs is 9. The Morgan fingerprint density at radius 3 is 1.93 bits per heavy atom. The second-order valence-electron chi connectivity index (χ2n) is 14.7. The number of hydrogen-bond acceptors (Lipinski definition) is 3. The van der Waals surface area contributed by atoms with E-state index in [1.165, 1.54) is 58.7 Å². The number of pyridine rings is 1. The van der Waals surface area contributed by atoms with Crippen LogP contribution in [0, 0.1) is 0 Å². The van der Waals surface area contributed by atoms with Crippen molar-refractivity contribution in [2.75, 3.05) is 0 Å². The average molecular weight is 745 g/mol. The third-order valence-corrected chi connectivity index (χ3v) is 12.6. The van der Waals surface area contributed by atoms with E-state index in [1.807, 2.05) is 23.5 Å². The first kappa shape index (κ1) is 32.0. The highest BCUT2D eigenvalue weighted by molar-refractivity contribution is 7.26. The van der Waals surface area contributed by atoms with Gasteiger partial charge < -0.3 is 8.98 Å². The fourth-order valence-corrected chi connectivity index (χ4v) is 10.0. The van der Waals surface area contributed by atoms with E-state index in [0.717, 1.165) is 55.7 Å². The fraction of sp³-hybridized carbons (Fsp3) is 0. The Morgan fingerprint density at radius 1 is 0.404 bits per heavy atom. The van der Waals surface area contributed by atoms with Crippen LogP contribution in [0.25, 0.3) is 114 Å². The molecule has 266 valence electrons. The van der Waals surface area contributed by atoms with Gasteiger partial charge in [-0.15, -0.1) is 11.3 Å². The molecular formula is C53H32N2OS. The lowest BCUT2D eigenvalue weighted by atomic mass is 9.95. The van der Waals surface area contributed by atoms with Crippen molar-refractivity contribution in [1.29, 1.82) is 0 Å². The van der Waals surface area contributed by atoms with Crippen molar-refractivity contribution < 1.29 is 4.42 Å². The van der Waals surface area contributed by atoms with Crippen molar-refractivity contribution in [1.82, 2.24) is 9.55 Å². The van der Waals surface area contributed by atoms with Gasteiger partial charge in [-0.05, 0) is 82.9 Å². The maximum absolute atomic E-state index is 6.33. The van der Waals surface area contributed by atoms with Gasteiger partial charge in [-0.25, -0.2) is 4.98 Å². The zero-order valence-corrected chi connectivity index (χ0v) is 31.5. The van der Waals surface area contributed by atoms with Crippen LogP contribution in [0.15, 0.2) is 199 Å². The largest absolute Gasteiger partial charge is 0.456 e. The van der Waals surface area contributed by atoms with Gasteiger partial charge in [-0.3, -0.25) is 0 Å². The Labute approximate surface area is 332 Å². The van der Waals surface area contributed by atoms with Crippen LogP contribution in [0.2, 0.25) is 0 Å². The van der Waals surface area contributed by atoms with Gasteiger partial charge in [0.15, 0.2) is 0 Å². The Balaban J connectivity index is 1.05. The number of aromatic nitrogens is 2. The summed E-state index contributed by atoms with van der Waals surface area (Å²) in [6, 6.07) is 69.6. The summed E-state index contributed by atoms with van der Waals surface area (Å²) < 4.78 is 11.3. The monoisotopic (exact) mass is 744 g/mol. The molecule has 12 rings (SSSR count). The van der Waals surface area contributed by atoms with Crippen molar-refractivity contribution >= 4 is 75.3 Å². The van der Waals surface area contributed by atoms with Gasteiger partial charge in [0.2, 0.25) is 0 Å². The van der Waals surface area contributed by atoms with Crippen LogP contribution in [-0.2, 0) is 0 Å². The minimum absolute atomic E-state index is 0.864. The van der Waals surface area contributed by atoms with Crippen LogP contribution in [-0.4, -0.2) is 9.55 Å². The molecule has 0 N–H and O–H groups in total. The number of thiophene rings is 1. The molecule has 3 nitrogen and oxygen atoms in total. The summed E-state index contributed by atoms with van der Waals surface area (Å²) in [7, 11) is 0. The molecule has 4 heterocycles. The topological polar surface area (TPSA) is 31.0 Å². The molecule has 4 heteroatoms. The van der Waals surface area contributed by atoms with Crippen molar-refractivity contribution in [2.24, 2.45) is 0 Å². The van der Waals surface area contributed by atoms with E-state index in [2.05, 4.69) is 187 Å². The third-order valence-electron chi connectivity index (χ3n) is 11.4. The van der Waals surface area contributed by atoms with E-state index in [0.29, 0.717) is 0 Å². The van der Waals surface area contributed by atoms with Crippen LogP contribution in [0.3, 0.4) is 0 Å². The number of hydrogen-bond donors (Lipinski definition) is 0. The summed E-state index contributed by atoms with van der Waals surface area (Å²) in [5.74, 6) is 0. The lowest BCUT2D eigenvalue weighted by Gasteiger charge is -2.12. The Kier molecular flexibility index (Phi) is 7.10. The number of furan rings is 1. The summed E-state index contributed by atoms with van der Waals surface area (Å²) in [5, 5.41) is 7.28. The molecule has 4 aromatic heterocycles. The molecule has 0 unspecified atom stereocenters. The molecule has 8 aromatic carbocycles. The molecular weight excluding hydrogens is 713 g/mol. The van der Waals surface area contributed by atoms with E-state index >= 15 is 0 Å². The van der Waals surface area contributed by atoms with Crippen molar-refractivity contribution in [3.05, 3.63) is 194 Å². The van der Waals surface area contributed by atoms with E-state index in [1.54, 1.807) is 0 Å². The first-order valence-corrected chi connectivity index (χ1v) is 20.1. The number of nitrogens with zero attached hydrogens (tertiary/aromatic N) is 2. The van der Waals surface area contributed by atoms with E-state index in [9.17, 15) is 0 Å². The quantitative estimate of drug-likeness (QED) is 0.176. The molecule has 12 aromatic rings. The Bertz CT molecular complexity index is 3520. The highest BCUT2D eigenvalue weighted by atomic mass is 32.1. The highest BCUT2D eigenvalue weighted by Crippen LogP contribution is 2.46. The fourth-order valence-electron chi connectivity index (χ4n) is 8.78. The normalized spacial score (nSPS) is 11.9. The van der Waals surface area contributed by atoms with E-state index in [4.69, 9.17) is 9.40 Å². The first-order valence-electron chi connectivity index (χ1n) is 19.3. The molecule has 0 amide bonds. The second kappa shape index (κ2) is 12.6. The second-order valence-corrected chi connectivity index (χ2v) is 15.7. The van der Waals surface area contributed by atoms with Gasteiger partial charge in [0, 0.05) is 58.5 Å². The molecule has 0 bridgehead atoms. The zero-order chi connectivity index (χ0) is 37.5. The number of rotatable bonds is 5. The molecule has 0 spiro atoms. The standard InChI is InChI=1S/C53H32N2OS/c1-3-13-33(14-4-1)45-29-36(30-46(54-45)35-26-28-43-42-18-8-10-23-49(42)56-50(43)32-35)38-19-12-24-51-52(38)44-21-11-20-39(53(44)57-51)34-25-27-41-40-17-7-9-22-47(40)55(48(41)31-34)37-15-5-2-6-16-37/h1-32H. The van der Waals surface area contributed by atoms with Crippen molar-refractivity contribution in [3.8, 4) is 50.5 Å². The highest BCUT2D eigenvalue weighted by Gasteiger charge is 2.19. The van der Waals surface area contributed by atoms with E-state index in [-0.39, 0.29) is 0 Å². The molecule has 57 heavy (non-hydrogen) atoms. The summed E-state index contributed by atoms with van der Waals surface area (Å²) >= 11 is 1.87.